The molecule has 0 aliphatic carbocycles. The van der Waals surface area contributed by atoms with E-state index in [0.29, 0.717) is 6.04 Å². The van der Waals surface area contributed by atoms with Gasteiger partial charge in [0.2, 0.25) is 0 Å². The third kappa shape index (κ3) is 4.19. The number of rotatable bonds is 5. The predicted molar refractivity (Wildman–Crippen MR) is 70.9 cm³/mol. The second-order valence-electron chi connectivity index (χ2n) is 4.67. The van der Waals surface area contributed by atoms with Gasteiger partial charge in [-0.1, -0.05) is 13.0 Å². The molecule has 0 amide bonds. The zero-order valence-electron chi connectivity index (χ0n) is 10.7. The van der Waals surface area contributed by atoms with Gasteiger partial charge in [0, 0.05) is 24.5 Å². The van der Waals surface area contributed by atoms with E-state index in [1.54, 1.807) is 0 Å². The zero-order valence-corrected chi connectivity index (χ0v) is 10.7. The van der Waals surface area contributed by atoms with Crippen molar-refractivity contribution in [1.82, 2.24) is 10.6 Å². The van der Waals surface area contributed by atoms with Gasteiger partial charge in [0.25, 0.3) is 0 Å². The highest BCUT2D eigenvalue weighted by Crippen LogP contribution is 2.14. The van der Waals surface area contributed by atoms with Gasteiger partial charge in [0.05, 0.1) is 5.54 Å². The number of nitrogens with one attached hydrogen (secondary N) is 2. The van der Waals surface area contributed by atoms with Crippen LogP contribution in [-0.2, 0) is 0 Å². The predicted octanol–water partition coefficient (Wildman–Crippen LogP) is 1.88. The van der Waals surface area contributed by atoms with Crippen molar-refractivity contribution in [2.24, 2.45) is 4.99 Å². The Morgan fingerprint density at radius 3 is 2.81 bits per heavy atom. The number of hydrogen-bond donors (Lipinski definition) is 2. The number of allylic oxidation sites excluding steroid dienone is 2. The average Bonchev–Trinajstić information content (AvgIpc) is 2.39. The second-order valence-corrected chi connectivity index (χ2v) is 4.67. The van der Waals surface area contributed by atoms with Crippen molar-refractivity contribution in [3.05, 3.63) is 23.9 Å². The zero-order chi connectivity index (χ0) is 12.0. The molecule has 90 valence electrons. The van der Waals surface area contributed by atoms with E-state index in [1.165, 1.54) is 0 Å². The Kier molecular flexibility index (Phi) is 4.74. The Morgan fingerprint density at radius 1 is 1.44 bits per heavy atom. The maximum absolute atomic E-state index is 4.56. The molecule has 0 aromatic carbocycles. The molecule has 1 unspecified atom stereocenters. The van der Waals surface area contributed by atoms with E-state index in [9.17, 15) is 0 Å². The smallest absolute Gasteiger partial charge is 0.0887 e. The first-order valence-corrected chi connectivity index (χ1v) is 5.98. The third-order valence-corrected chi connectivity index (χ3v) is 2.43. The van der Waals surface area contributed by atoms with Gasteiger partial charge < -0.3 is 10.6 Å². The third-order valence-electron chi connectivity index (χ3n) is 2.43. The molecule has 0 radical (unpaired) electrons. The number of likely N-dealkylation sites (N-methyl/N-ethyl adjacent to an activating group) is 1. The Hall–Kier alpha value is -1.09. The molecule has 2 N–H and O–H groups in total. The number of nitrogens with zero attached hydrogens (tertiary/aromatic N) is 1. The molecular formula is C13H23N3. The van der Waals surface area contributed by atoms with Gasteiger partial charge in [0.1, 0.15) is 0 Å². The highest BCUT2D eigenvalue weighted by molar-refractivity contribution is 5.74. The van der Waals surface area contributed by atoms with Crippen LogP contribution in [0.2, 0.25) is 0 Å². The SMILES string of the molecule is CCNCC1(C)C=CC(NC(C)C)=CC=N1. The normalized spacial score (nSPS) is 24.4. The quantitative estimate of drug-likeness (QED) is 0.743. The van der Waals surface area contributed by atoms with Crippen molar-refractivity contribution in [1.29, 1.82) is 0 Å². The molecule has 0 aromatic rings. The minimum atomic E-state index is -0.132. The van der Waals surface area contributed by atoms with E-state index in [0.717, 1.165) is 18.8 Å². The van der Waals surface area contributed by atoms with Crippen LogP contribution in [0.15, 0.2) is 28.9 Å². The number of aliphatic imine (C=N–C) groups is 1. The van der Waals surface area contributed by atoms with Gasteiger partial charge in [-0.15, -0.1) is 0 Å². The van der Waals surface area contributed by atoms with Crippen molar-refractivity contribution in [2.75, 3.05) is 13.1 Å². The van der Waals surface area contributed by atoms with Gasteiger partial charge in [-0.25, -0.2) is 0 Å². The minimum Gasteiger partial charge on any atom is -0.383 e. The van der Waals surface area contributed by atoms with Crippen molar-refractivity contribution in [3.63, 3.8) is 0 Å². The lowest BCUT2D eigenvalue weighted by molar-refractivity contribution is 0.529. The summed E-state index contributed by atoms with van der Waals surface area (Å²) >= 11 is 0. The first-order chi connectivity index (χ1) is 7.56. The lowest BCUT2D eigenvalue weighted by Crippen LogP contribution is -2.34. The largest absolute Gasteiger partial charge is 0.383 e. The molecule has 1 atom stereocenters. The molecule has 0 spiro atoms. The lowest BCUT2D eigenvalue weighted by atomic mass is 10.0. The molecule has 0 aromatic heterocycles. The van der Waals surface area contributed by atoms with E-state index in [1.807, 2.05) is 12.3 Å². The van der Waals surface area contributed by atoms with E-state index >= 15 is 0 Å². The van der Waals surface area contributed by atoms with Crippen LogP contribution in [0, 0.1) is 0 Å². The maximum atomic E-state index is 4.56. The van der Waals surface area contributed by atoms with Gasteiger partial charge in [-0.3, -0.25) is 4.99 Å². The van der Waals surface area contributed by atoms with Gasteiger partial charge >= 0.3 is 0 Å². The van der Waals surface area contributed by atoms with E-state index in [-0.39, 0.29) is 5.54 Å². The molecular weight excluding hydrogens is 198 g/mol. The topological polar surface area (TPSA) is 36.4 Å². The Balaban J connectivity index is 2.65. The van der Waals surface area contributed by atoms with Crippen LogP contribution in [0.1, 0.15) is 27.7 Å². The standard InChI is InChI=1S/C13H23N3/c1-5-14-10-13(4)8-6-12(7-9-15-13)16-11(2)3/h6-9,11,14,16H,5,10H2,1-4H3. The van der Waals surface area contributed by atoms with Crippen molar-refractivity contribution in [3.8, 4) is 0 Å². The van der Waals surface area contributed by atoms with Gasteiger partial charge in [-0.2, -0.15) is 0 Å². The summed E-state index contributed by atoms with van der Waals surface area (Å²) in [5, 5.41) is 6.71. The average molecular weight is 221 g/mol. The summed E-state index contributed by atoms with van der Waals surface area (Å²) in [5.41, 5.74) is 0.992. The van der Waals surface area contributed by atoms with Crippen LogP contribution in [0.3, 0.4) is 0 Å². The van der Waals surface area contributed by atoms with E-state index < -0.39 is 0 Å². The number of hydrogen-bond acceptors (Lipinski definition) is 3. The molecule has 0 saturated carbocycles. The van der Waals surface area contributed by atoms with Crippen LogP contribution in [-0.4, -0.2) is 30.9 Å². The molecule has 3 nitrogen and oxygen atoms in total. The molecule has 1 aliphatic heterocycles. The fourth-order valence-electron chi connectivity index (χ4n) is 1.57. The first-order valence-electron chi connectivity index (χ1n) is 5.98. The Bertz CT molecular complexity index is 302. The maximum Gasteiger partial charge on any atom is 0.0887 e. The Morgan fingerprint density at radius 2 is 2.19 bits per heavy atom. The van der Waals surface area contributed by atoms with E-state index in [4.69, 9.17) is 0 Å². The monoisotopic (exact) mass is 221 g/mol. The second kappa shape index (κ2) is 5.85. The van der Waals surface area contributed by atoms with Crippen molar-refractivity contribution < 1.29 is 0 Å². The summed E-state index contributed by atoms with van der Waals surface area (Å²) in [5.74, 6) is 0. The first kappa shape index (κ1) is 13.0. The van der Waals surface area contributed by atoms with Crippen LogP contribution in [0.4, 0.5) is 0 Å². The van der Waals surface area contributed by atoms with Crippen LogP contribution >= 0.6 is 0 Å². The summed E-state index contributed by atoms with van der Waals surface area (Å²) in [6.45, 7) is 10.4. The highest BCUT2D eigenvalue weighted by Gasteiger charge is 2.18. The van der Waals surface area contributed by atoms with Gasteiger partial charge in [-0.05, 0) is 39.5 Å². The van der Waals surface area contributed by atoms with Crippen LogP contribution in [0.25, 0.3) is 0 Å². The van der Waals surface area contributed by atoms with Crippen LogP contribution in [0.5, 0.6) is 0 Å². The molecule has 0 bridgehead atoms. The summed E-state index contributed by atoms with van der Waals surface area (Å²) in [6, 6.07) is 0.447. The van der Waals surface area contributed by atoms with Crippen molar-refractivity contribution in [2.45, 2.75) is 39.3 Å². The molecule has 1 heterocycles. The van der Waals surface area contributed by atoms with Crippen molar-refractivity contribution >= 4 is 6.21 Å². The Labute approximate surface area is 98.7 Å². The fourth-order valence-corrected chi connectivity index (χ4v) is 1.57. The molecule has 1 rings (SSSR count). The lowest BCUT2D eigenvalue weighted by Gasteiger charge is -2.20. The molecule has 3 heteroatoms. The molecule has 0 saturated heterocycles. The minimum absolute atomic E-state index is 0.132. The fraction of sp³-hybridized carbons (Fsp3) is 0.615. The van der Waals surface area contributed by atoms with E-state index in [2.05, 4.69) is 55.5 Å². The summed E-state index contributed by atoms with van der Waals surface area (Å²) in [6.07, 6.45) is 8.18. The summed E-state index contributed by atoms with van der Waals surface area (Å²) in [4.78, 5) is 4.56. The summed E-state index contributed by atoms with van der Waals surface area (Å²) < 4.78 is 0. The molecule has 16 heavy (non-hydrogen) atoms. The molecule has 1 aliphatic rings. The van der Waals surface area contributed by atoms with Gasteiger partial charge in [0.15, 0.2) is 0 Å². The highest BCUT2D eigenvalue weighted by atomic mass is 15.0. The summed E-state index contributed by atoms with van der Waals surface area (Å²) in [7, 11) is 0. The van der Waals surface area contributed by atoms with Crippen LogP contribution < -0.4 is 10.6 Å². The molecule has 0 fully saturated rings.